The van der Waals surface area contributed by atoms with E-state index in [4.69, 9.17) is 9.47 Å². The number of rotatable bonds is 7. The molecule has 0 bridgehead atoms. The smallest absolute Gasteiger partial charge is 0.234 e. The number of nitrogens with zero attached hydrogens (tertiary/aromatic N) is 2. The van der Waals surface area contributed by atoms with Crippen LogP contribution < -0.4 is 14.8 Å². The van der Waals surface area contributed by atoms with Crippen molar-refractivity contribution in [3.05, 3.63) is 53.6 Å². The zero-order valence-corrected chi connectivity index (χ0v) is 17.3. The van der Waals surface area contributed by atoms with Gasteiger partial charge in [-0.3, -0.25) is 4.79 Å². The van der Waals surface area contributed by atoms with Crippen molar-refractivity contribution in [2.75, 3.05) is 25.3 Å². The van der Waals surface area contributed by atoms with Gasteiger partial charge in [-0.1, -0.05) is 30.8 Å². The lowest BCUT2D eigenvalue weighted by atomic mass is 10.1. The summed E-state index contributed by atoms with van der Waals surface area (Å²) in [6.45, 7) is 2.08. The number of carbonyl (C=O) groups excluding carboxylic acids is 1. The fourth-order valence-electron chi connectivity index (χ4n) is 2.83. The van der Waals surface area contributed by atoms with Gasteiger partial charge in [0.25, 0.3) is 0 Å². The maximum absolute atomic E-state index is 12.3. The standard InChI is InChI=1S/C22H21N3O3S/c1-4-14-5-7-17(8-6-14)24-21(26)13-29-22-16(12-23)9-15-10-19(27-2)20(28-3)11-18(15)25-22/h5-11H,4,13H2,1-3H3,(H,24,26). The molecule has 0 aliphatic heterocycles. The molecule has 0 saturated heterocycles. The molecule has 0 fully saturated rings. The first-order valence-electron chi connectivity index (χ1n) is 9.06. The number of fused-ring (bicyclic) bond motifs is 1. The van der Waals surface area contributed by atoms with Crippen molar-refractivity contribution in [3.8, 4) is 17.6 Å². The van der Waals surface area contributed by atoms with Crippen LogP contribution in [0.4, 0.5) is 5.69 Å². The van der Waals surface area contributed by atoms with Crippen molar-refractivity contribution >= 4 is 34.3 Å². The number of hydrogen-bond donors (Lipinski definition) is 1. The molecule has 0 atom stereocenters. The number of hydrogen-bond acceptors (Lipinski definition) is 6. The van der Waals surface area contributed by atoms with E-state index in [9.17, 15) is 10.1 Å². The van der Waals surface area contributed by atoms with Crippen molar-refractivity contribution in [1.82, 2.24) is 4.98 Å². The molecule has 3 aromatic rings. The van der Waals surface area contributed by atoms with Gasteiger partial charge in [0.05, 0.1) is 31.1 Å². The fourth-order valence-corrected chi connectivity index (χ4v) is 3.59. The third-order valence-corrected chi connectivity index (χ3v) is 5.38. The average molecular weight is 407 g/mol. The molecule has 3 rings (SSSR count). The van der Waals surface area contributed by atoms with E-state index < -0.39 is 0 Å². The number of aromatic nitrogens is 1. The number of methoxy groups -OCH3 is 2. The second-order valence-corrected chi connectivity index (χ2v) is 7.20. The summed E-state index contributed by atoms with van der Waals surface area (Å²) in [4.78, 5) is 16.9. The molecule has 1 N–H and O–H groups in total. The molecule has 0 radical (unpaired) electrons. The molecule has 0 unspecified atom stereocenters. The number of ether oxygens (including phenoxy) is 2. The highest BCUT2D eigenvalue weighted by molar-refractivity contribution is 8.00. The number of anilines is 1. The lowest BCUT2D eigenvalue weighted by Crippen LogP contribution is -2.14. The third kappa shape index (κ3) is 4.79. The Morgan fingerprint density at radius 2 is 1.83 bits per heavy atom. The van der Waals surface area contributed by atoms with Crippen LogP contribution in [0.15, 0.2) is 47.5 Å². The van der Waals surface area contributed by atoms with Crippen LogP contribution >= 0.6 is 11.8 Å². The topological polar surface area (TPSA) is 84.2 Å². The van der Waals surface area contributed by atoms with E-state index in [-0.39, 0.29) is 11.7 Å². The number of pyridine rings is 1. The Morgan fingerprint density at radius 3 is 2.45 bits per heavy atom. The largest absolute Gasteiger partial charge is 0.493 e. The molecular weight excluding hydrogens is 386 g/mol. The number of benzene rings is 2. The zero-order valence-electron chi connectivity index (χ0n) is 16.5. The van der Waals surface area contributed by atoms with Gasteiger partial charge in [-0.25, -0.2) is 4.98 Å². The summed E-state index contributed by atoms with van der Waals surface area (Å²) in [5, 5.41) is 13.6. The summed E-state index contributed by atoms with van der Waals surface area (Å²) in [7, 11) is 3.11. The Bertz CT molecular complexity index is 1080. The first kappa shape index (κ1) is 20.5. The molecule has 29 heavy (non-hydrogen) atoms. The van der Waals surface area contributed by atoms with Crippen LogP contribution in [0.1, 0.15) is 18.1 Å². The highest BCUT2D eigenvalue weighted by Gasteiger charge is 2.13. The highest BCUT2D eigenvalue weighted by Crippen LogP contribution is 2.33. The molecule has 2 aromatic carbocycles. The van der Waals surface area contributed by atoms with Crippen molar-refractivity contribution in [3.63, 3.8) is 0 Å². The first-order valence-corrected chi connectivity index (χ1v) is 10.0. The van der Waals surface area contributed by atoms with Gasteiger partial charge >= 0.3 is 0 Å². The molecule has 0 aliphatic carbocycles. The molecule has 6 nitrogen and oxygen atoms in total. The van der Waals surface area contributed by atoms with Gasteiger partial charge in [0, 0.05) is 17.1 Å². The normalized spacial score (nSPS) is 10.4. The van der Waals surface area contributed by atoms with Crippen LogP contribution in [0.25, 0.3) is 10.9 Å². The molecule has 1 amide bonds. The van der Waals surface area contributed by atoms with Gasteiger partial charge in [-0.15, -0.1) is 0 Å². The van der Waals surface area contributed by atoms with Crippen LogP contribution in [0, 0.1) is 11.3 Å². The van der Waals surface area contributed by atoms with E-state index in [1.54, 1.807) is 32.4 Å². The quantitative estimate of drug-likeness (QED) is 0.584. The lowest BCUT2D eigenvalue weighted by molar-refractivity contribution is -0.113. The molecule has 0 saturated carbocycles. The van der Waals surface area contributed by atoms with Crippen LogP contribution in [-0.4, -0.2) is 30.9 Å². The zero-order chi connectivity index (χ0) is 20.8. The fraction of sp³-hybridized carbons (Fsp3) is 0.227. The average Bonchev–Trinajstić information content (AvgIpc) is 2.76. The maximum atomic E-state index is 12.3. The summed E-state index contributed by atoms with van der Waals surface area (Å²) in [6.07, 6.45) is 0.950. The maximum Gasteiger partial charge on any atom is 0.234 e. The van der Waals surface area contributed by atoms with E-state index in [1.807, 2.05) is 24.3 Å². The van der Waals surface area contributed by atoms with E-state index in [0.717, 1.165) is 17.5 Å². The van der Waals surface area contributed by atoms with E-state index >= 15 is 0 Å². The Kier molecular flexibility index (Phi) is 6.57. The predicted molar refractivity (Wildman–Crippen MR) is 115 cm³/mol. The van der Waals surface area contributed by atoms with Crippen molar-refractivity contribution in [2.45, 2.75) is 18.4 Å². The molecule has 1 heterocycles. The third-order valence-electron chi connectivity index (χ3n) is 4.39. The van der Waals surface area contributed by atoms with Gasteiger partial charge in [-0.05, 0) is 36.2 Å². The number of nitrogens with one attached hydrogen (secondary N) is 1. The first-order chi connectivity index (χ1) is 14.1. The summed E-state index contributed by atoms with van der Waals surface area (Å²) in [6, 6.07) is 15.2. The predicted octanol–water partition coefficient (Wildman–Crippen LogP) is 4.42. The Balaban J connectivity index is 1.77. The molecular formula is C22H21N3O3S. The minimum Gasteiger partial charge on any atom is -0.493 e. The second-order valence-electron chi connectivity index (χ2n) is 6.24. The van der Waals surface area contributed by atoms with E-state index in [2.05, 4.69) is 23.3 Å². The van der Waals surface area contributed by atoms with Gasteiger partial charge in [0.15, 0.2) is 11.5 Å². The second kappa shape index (κ2) is 9.30. The molecule has 7 heteroatoms. The van der Waals surface area contributed by atoms with Crippen molar-refractivity contribution < 1.29 is 14.3 Å². The Hall–Kier alpha value is -3.24. The highest BCUT2D eigenvalue weighted by atomic mass is 32.2. The molecule has 0 aliphatic rings. The van der Waals surface area contributed by atoms with Gasteiger partial charge in [0.1, 0.15) is 11.1 Å². The van der Waals surface area contributed by atoms with Gasteiger partial charge < -0.3 is 14.8 Å². The van der Waals surface area contributed by atoms with E-state index in [1.165, 1.54) is 17.3 Å². The summed E-state index contributed by atoms with van der Waals surface area (Å²) in [5.74, 6) is 1.12. The minimum atomic E-state index is -0.155. The number of amides is 1. The van der Waals surface area contributed by atoms with Crippen molar-refractivity contribution in [1.29, 1.82) is 5.26 Å². The Labute approximate surface area is 173 Å². The lowest BCUT2D eigenvalue weighted by Gasteiger charge is -2.11. The van der Waals surface area contributed by atoms with Crippen LogP contribution in [0.3, 0.4) is 0 Å². The number of carbonyl (C=O) groups is 1. The van der Waals surface area contributed by atoms with E-state index in [0.29, 0.717) is 27.6 Å². The Morgan fingerprint density at radius 1 is 1.14 bits per heavy atom. The summed E-state index contributed by atoms with van der Waals surface area (Å²) in [5.41, 5.74) is 3.04. The van der Waals surface area contributed by atoms with Crippen LogP contribution in [-0.2, 0) is 11.2 Å². The van der Waals surface area contributed by atoms with Gasteiger partial charge in [-0.2, -0.15) is 5.26 Å². The van der Waals surface area contributed by atoms with Gasteiger partial charge in [0.2, 0.25) is 5.91 Å². The van der Waals surface area contributed by atoms with Crippen molar-refractivity contribution in [2.24, 2.45) is 0 Å². The SMILES string of the molecule is CCc1ccc(NC(=O)CSc2nc3cc(OC)c(OC)cc3cc2C#N)cc1. The monoisotopic (exact) mass is 407 g/mol. The number of thioether (sulfide) groups is 1. The van der Waals surface area contributed by atoms with Crippen LogP contribution in [0.5, 0.6) is 11.5 Å². The summed E-state index contributed by atoms with van der Waals surface area (Å²) < 4.78 is 10.6. The molecule has 1 aromatic heterocycles. The number of nitriles is 1. The number of aryl methyl sites for hydroxylation is 1. The van der Waals surface area contributed by atoms with Crippen LogP contribution in [0.2, 0.25) is 0 Å². The molecule has 0 spiro atoms. The minimum absolute atomic E-state index is 0.149. The molecule has 148 valence electrons. The summed E-state index contributed by atoms with van der Waals surface area (Å²) >= 11 is 1.23.